The lowest BCUT2D eigenvalue weighted by molar-refractivity contribution is 0.0984. The van der Waals surface area contributed by atoms with Crippen molar-refractivity contribution in [3.63, 3.8) is 0 Å². The molecule has 3 nitrogen and oxygen atoms in total. The number of hydrogen-bond acceptors (Lipinski definition) is 2. The van der Waals surface area contributed by atoms with Crippen LogP contribution in [0, 0.1) is 12.7 Å². The maximum atomic E-state index is 12.9. The third kappa shape index (κ3) is 2.16. The molecular weight excluding hydrogens is 207 g/mol. The first-order chi connectivity index (χ1) is 7.66. The molecule has 0 saturated carbocycles. The second-order valence-corrected chi connectivity index (χ2v) is 3.61. The molecule has 0 spiro atoms. The van der Waals surface area contributed by atoms with Crippen LogP contribution in [0.2, 0.25) is 0 Å². The number of carbonyl (C=O) groups excluding carboxylic acids is 1. The predicted molar refractivity (Wildman–Crippen MR) is 57.8 cm³/mol. The van der Waals surface area contributed by atoms with Gasteiger partial charge in [0, 0.05) is 18.8 Å². The number of imidazole rings is 1. The predicted octanol–water partition coefficient (Wildman–Crippen LogP) is 2.28. The lowest BCUT2D eigenvalue weighted by Crippen LogP contribution is -2.06. The van der Waals surface area contributed by atoms with Gasteiger partial charge in [-0.25, -0.2) is 9.37 Å². The van der Waals surface area contributed by atoms with Gasteiger partial charge in [0.05, 0.1) is 0 Å². The van der Waals surface area contributed by atoms with Crippen LogP contribution >= 0.6 is 0 Å². The van der Waals surface area contributed by atoms with E-state index in [1.165, 1.54) is 18.3 Å². The second kappa shape index (κ2) is 4.26. The third-order valence-electron chi connectivity index (χ3n) is 2.42. The van der Waals surface area contributed by atoms with E-state index in [0.717, 1.165) is 11.1 Å². The van der Waals surface area contributed by atoms with Gasteiger partial charge in [-0.15, -0.1) is 0 Å². The van der Waals surface area contributed by atoms with Crippen LogP contribution in [-0.4, -0.2) is 15.8 Å². The molecule has 82 valence electrons. The fourth-order valence-corrected chi connectivity index (χ4v) is 1.53. The number of aryl methyl sites for hydroxylation is 1. The molecule has 0 atom stereocenters. The second-order valence-electron chi connectivity index (χ2n) is 3.61. The minimum atomic E-state index is -0.285. The number of aromatic amines is 1. The van der Waals surface area contributed by atoms with E-state index in [9.17, 15) is 9.18 Å². The largest absolute Gasteiger partial charge is 0.342 e. The number of H-pyrrole nitrogens is 1. The summed E-state index contributed by atoms with van der Waals surface area (Å²) in [5.74, 6) is -0.0462. The number of rotatable bonds is 3. The van der Waals surface area contributed by atoms with E-state index in [0.29, 0.717) is 5.82 Å². The van der Waals surface area contributed by atoms with Gasteiger partial charge in [0.15, 0.2) is 5.82 Å². The Morgan fingerprint density at radius 1 is 1.50 bits per heavy atom. The SMILES string of the molecule is Cc1cc(F)ccc1CC(=O)c1ncc[nH]1. The maximum Gasteiger partial charge on any atom is 0.202 e. The van der Waals surface area contributed by atoms with Gasteiger partial charge in [-0.05, 0) is 30.2 Å². The zero-order chi connectivity index (χ0) is 11.5. The smallest absolute Gasteiger partial charge is 0.202 e. The minimum absolute atomic E-state index is 0.0975. The van der Waals surface area contributed by atoms with Crippen LogP contribution in [0.15, 0.2) is 30.6 Å². The summed E-state index contributed by atoms with van der Waals surface area (Å²) in [5, 5.41) is 0. The molecule has 0 bridgehead atoms. The molecule has 0 radical (unpaired) electrons. The average molecular weight is 218 g/mol. The van der Waals surface area contributed by atoms with Crippen molar-refractivity contribution in [3.8, 4) is 0 Å². The standard InChI is InChI=1S/C12H11FN2O/c1-8-6-10(13)3-2-9(8)7-11(16)12-14-4-5-15-12/h2-6H,7H2,1H3,(H,14,15). The number of carbonyl (C=O) groups is 1. The lowest BCUT2D eigenvalue weighted by atomic mass is 10.0. The van der Waals surface area contributed by atoms with Crippen molar-refractivity contribution < 1.29 is 9.18 Å². The first-order valence-corrected chi connectivity index (χ1v) is 4.94. The molecule has 0 amide bonds. The van der Waals surface area contributed by atoms with Crippen LogP contribution in [0.1, 0.15) is 21.7 Å². The molecule has 0 aliphatic rings. The molecule has 1 heterocycles. The Kier molecular flexibility index (Phi) is 2.81. The van der Waals surface area contributed by atoms with Crippen LogP contribution in [0.5, 0.6) is 0 Å². The molecular formula is C12H11FN2O. The monoisotopic (exact) mass is 218 g/mol. The van der Waals surface area contributed by atoms with Crippen LogP contribution < -0.4 is 0 Å². The zero-order valence-electron chi connectivity index (χ0n) is 8.83. The van der Waals surface area contributed by atoms with E-state index < -0.39 is 0 Å². The van der Waals surface area contributed by atoms with Crippen molar-refractivity contribution in [2.75, 3.05) is 0 Å². The minimum Gasteiger partial charge on any atom is -0.342 e. The van der Waals surface area contributed by atoms with E-state index in [1.54, 1.807) is 19.2 Å². The first-order valence-electron chi connectivity index (χ1n) is 4.94. The number of nitrogens with zero attached hydrogens (tertiary/aromatic N) is 1. The van der Waals surface area contributed by atoms with Crippen molar-refractivity contribution in [1.82, 2.24) is 9.97 Å². The highest BCUT2D eigenvalue weighted by Crippen LogP contribution is 2.12. The van der Waals surface area contributed by atoms with Gasteiger partial charge in [0.1, 0.15) is 5.82 Å². The molecule has 2 rings (SSSR count). The summed E-state index contributed by atoms with van der Waals surface area (Å²) in [6.45, 7) is 1.79. The summed E-state index contributed by atoms with van der Waals surface area (Å²) in [4.78, 5) is 18.4. The number of Topliss-reactive ketones (excluding diaryl/α,β-unsaturated/α-hetero) is 1. The van der Waals surface area contributed by atoms with Crippen LogP contribution in [0.3, 0.4) is 0 Å². The van der Waals surface area contributed by atoms with Gasteiger partial charge in [-0.2, -0.15) is 0 Å². The third-order valence-corrected chi connectivity index (χ3v) is 2.42. The highest BCUT2D eigenvalue weighted by atomic mass is 19.1. The van der Waals surface area contributed by atoms with Crippen molar-refractivity contribution in [3.05, 3.63) is 53.4 Å². The molecule has 1 aromatic heterocycles. The molecule has 1 aromatic carbocycles. The first kappa shape index (κ1) is 10.5. The summed E-state index contributed by atoms with van der Waals surface area (Å²) in [5.41, 5.74) is 1.60. The Bertz CT molecular complexity index is 506. The van der Waals surface area contributed by atoms with Gasteiger partial charge in [0.2, 0.25) is 5.78 Å². The topological polar surface area (TPSA) is 45.8 Å². The van der Waals surface area contributed by atoms with E-state index in [4.69, 9.17) is 0 Å². The Balaban J connectivity index is 2.18. The van der Waals surface area contributed by atoms with Crippen LogP contribution in [0.4, 0.5) is 4.39 Å². The van der Waals surface area contributed by atoms with Crippen molar-refractivity contribution in [2.24, 2.45) is 0 Å². The van der Waals surface area contributed by atoms with E-state index in [2.05, 4.69) is 9.97 Å². The molecule has 2 aromatic rings. The summed E-state index contributed by atoms with van der Waals surface area (Å²) >= 11 is 0. The Morgan fingerprint density at radius 3 is 2.94 bits per heavy atom. The van der Waals surface area contributed by atoms with Gasteiger partial charge < -0.3 is 4.98 Å². The number of aromatic nitrogens is 2. The van der Waals surface area contributed by atoms with Crippen molar-refractivity contribution in [2.45, 2.75) is 13.3 Å². The number of nitrogens with one attached hydrogen (secondary N) is 1. The van der Waals surface area contributed by atoms with Crippen LogP contribution in [0.25, 0.3) is 0 Å². The molecule has 0 unspecified atom stereocenters. The molecule has 1 N–H and O–H groups in total. The summed E-state index contributed by atoms with van der Waals surface area (Å²) in [6.07, 6.45) is 3.37. The van der Waals surface area contributed by atoms with E-state index in [1.807, 2.05) is 0 Å². The summed E-state index contributed by atoms with van der Waals surface area (Å²) in [6, 6.07) is 4.41. The van der Waals surface area contributed by atoms with Gasteiger partial charge in [-0.1, -0.05) is 6.07 Å². The quantitative estimate of drug-likeness (QED) is 0.803. The normalized spacial score (nSPS) is 10.4. The Morgan fingerprint density at radius 2 is 2.31 bits per heavy atom. The summed E-state index contributed by atoms with van der Waals surface area (Å²) < 4.78 is 12.9. The highest BCUT2D eigenvalue weighted by molar-refractivity contribution is 5.94. The maximum absolute atomic E-state index is 12.9. The van der Waals surface area contributed by atoms with E-state index in [-0.39, 0.29) is 18.0 Å². The molecule has 0 aliphatic carbocycles. The summed E-state index contributed by atoms with van der Waals surface area (Å²) in [7, 11) is 0. The molecule has 0 saturated heterocycles. The molecule has 0 fully saturated rings. The Hall–Kier alpha value is -1.97. The van der Waals surface area contributed by atoms with Crippen molar-refractivity contribution >= 4 is 5.78 Å². The number of hydrogen-bond donors (Lipinski definition) is 1. The fourth-order valence-electron chi connectivity index (χ4n) is 1.53. The lowest BCUT2D eigenvalue weighted by Gasteiger charge is -2.03. The van der Waals surface area contributed by atoms with Crippen LogP contribution in [-0.2, 0) is 6.42 Å². The molecule has 0 aliphatic heterocycles. The number of halogens is 1. The fraction of sp³-hybridized carbons (Fsp3) is 0.167. The van der Waals surface area contributed by atoms with Gasteiger partial charge >= 0.3 is 0 Å². The number of benzene rings is 1. The number of ketones is 1. The molecule has 4 heteroatoms. The highest BCUT2D eigenvalue weighted by Gasteiger charge is 2.10. The Labute approximate surface area is 92.3 Å². The van der Waals surface area contributed by atoms with E-state index >= 15 is 0 Å². The molecule has 16 heavy (non-hydrogen) atoms. The zero-order valence-corrected chi connectivity index (χ0v) is 8.83. The van der Waals surface area contributed by atoms with Gasteiger partial charge in [0.25, 0.3) is 0 Å². The average Bonchev–Trinajstić information content (AvgIpc) is 2.75. The van der Waals surface area contributed by atoms with Gasteiger partial charge in [-0.3, -0.25) is 4.79 Å². The van der Waals surface area contributed by atoms with Crippen molar-refractivity contribution in [1.29, 1.82) is 0 Å².